The Labute approximate surface area is 161 Å². The number of carbonyl (C=O) groups is 2. The monoisotopic (exact) mass is 378 g/mol. The quantitative estimate of drug-likeness (QED) is 0.789. The number of ether oxygens (including phenoxy) is 3. The lowest BCUT2D eigenvalue weighted by Gasteiger charge is -2.32. The van der Waals surface area contributed by atoms with Crippen LogP contribution in [0.25, 0.3) is 0 Å². The number of amides is 2. The van der Waals surface area contributed by atoms with Gasteiger partial charge in [-0.3, -0.25) is 9.59 Å². The molecule has 7 heteroatoms. The normalized spacial score (nSPS) is 14.8. The summed E-state index contributed by atoms with van der Waals surface area (Å²) >= 11 is 0. The average Bonchev–Trinajstić information content (AvgIpc) is 2.66. The Bertz CT molecular complexity index is 641. The highest BCUT2D eigenvalue weighted by molar-refractivity contribution is 5.95. The van der Waals surface area contributed by atoms with E-state index < -0.39 is 0 Å². The highest BCUT2D eigenvalue weighted by Gasteiger charge is 2.26. The minimum Gasteiger partial charge on any atom is -0.493 e. The zero-order valence-corrected chi connectivity index (χ0v) is 16.8. The zero-order chi connectivity index (χ0) is 20.0. The third kappa shape index (κ3) is 5.28. The number of hydrogen-bond donors (Lipinski definition) is 1. The van der Waals surface area contributed by atoms with Crippen LogP contribution in [0.2, 0.25) is 0 Å². The first-order valence-electron chi connectivity index (χ1n) is 9.28. The van der Waals surface area contributed by atoms with Crippen molar-refractivity contribution in [2.75, 3.05) is 34.4 Å². The van der Waals surface area contributed by atoms with Gasteiger partial charge < -0.3 is 24.4 Å². The molecule has 150 valence electrons. The highest BCUT2D eigenvalue weighted by Crippen LogP contribution is 2.38. The lowest BCUT2D eigenvalue weighted by atomic mass is 9.92. The Balaban J connectivity index is 2.02. The van der Waals surface area contributed by atoms with Crippen molar-refractivity contribution in [1.29, 1.82) is 0 Å². The van der Waals surface area contributed by atoms with Crippen molar-refractivity contribution < 1.29 is 23.8 Å². The van der Waals surface area contributed by atoms with E-state index in [1.54, 1.807) is 12.1 Å². The van der Waals surface area contributed by atoms with Crippen molar-refractivity contribution in [2.24, 2.45) is 5.92 Å². The molecule has 0 spiro atoms. The van der Waals surface area contributed by atoms with Crippen molar-refractivity contribution in [3.8, 4) is 17.2 Å². The third-order valence-electron chi connectivity index (χ3n) is 4.74. The number of hydrogen-bond acceptors (Lipinski definition) is 5. The fourth-order valence-corrected chi connectivity index (χ4v) is 3.37. The summed E-state index contributed by atoms with van der Waals surface area (Å²) in [6, 6.07) is 3.50. The first-order chi connectivity index (χ1) is 12.9. The molecule has 1 aromatic carbocycles. The van der Waals surface area contributed by atoms with Gasteiger partial charge in [0.15, 0.2) is 11.5 Å². The van der Waals surface area contributed by atoms with Crippen molar-refractivity contribution in [1.82, 2.24) is 10.2 Å². The molecule has 1 fully saturated rings. The maximum absolute atomic E-state index is 12.9. The molecule has 2 rings (SSSR count). The molecule has 0 saturated carbocycles. The number of carbonyl (C=O) groups excluding carboxylic acids is 2. The van der Waals surface area contributed by atoms with E-state index in [2.05, 4.69) is 5.32 Å². The number of rotatable bonds is 7. The summed E-state index contributed by atoms with van der Waals surface area (Å²) in [4.78, 5) is 26.7. The van der Waals surface area contributed by atoms with E-state index in [0.29, 0.717) is 48.2 Å². The molecule has 1 aliphatic heterocycles. The molecule has 1 saturated heterocycles. The SMILES string of the molecule is COc1cc(C(=O)N2CCC(CC(=O)NC(C)C)CC2)cc(OC)c1OC. The van der Waals surface area contributed by atoms with E-state index in [-0.39, 0.29) is 17.9 Å². The second kappa shape index (κ2) is 9.48. The van der Waals surface area contributed by atoms with Gasteiger partial charge in [-0.25, -0.2) is 0 Å². The van der Waals surface area contributed by atoms with Gasteiger partial charge in [-0.2, -0.15) is 0 Å². The van der Waals surface area contributed by atoms with E-state index in [0.717, 1.165) is 12.8 Å². The lowest BCUT2D eigenvalue weighted by molar-refractivity contribution is -0.122. The van der Waals surface area contributed by atoms with Crippen LogP contribution in [0.5, 0.6) is 17.2 Å². The van der Waals surface area contributed by atoms with Crippen molar-refractivity contribution >= 4 is 11.8 Å². The largest absolute Gasteiger partial charge is 0.493 e. The van der Waals surface area contributed by atoms with Crippen LogP contribution in [0.15, 0.2) is 12.1 Å². The second-order valence-corrected chi connectivity index (χ2v) is 7.08. The van der Waals surface area contributed by atoms with Gasteiger partial charge in [0.05, 0.1) is 21.3 Å². The Morgan fingerprint density at radius 3 is 2.07 bits per heavy atom. The first kappa shape index (κ1) is 20.9. The van der Waals surface area contributed by atoms with Gasteiger partial charge >= 0.3 is 0 Å². The highest BCUT2D eigenvalue weighted by atomic mass is 16.5. The summed E-state index contributed by atoms with van der Waals surface area (Å²) in [5.41, 5.74) is 0.500. The van der Waals surface area contributed by atoms with E-state index in [4.69, 9.17) is 14.2 Å². The fraction of sp³-hybridized carbons (Fsp3) is 0.600. The van der Waals surface area contributed by atoms with Crippen LogP contribution in [-0.4, -0.2) is 57.2 Å². The second-order valence-electron chi connectivity index (χ2n) is 7.08. The van der Waals surface area contributed by atoms with Crippen LogP contribution in [0, 0.1) is 5.92 Å². The van der Waals surface area contributed by atoms with Gasteiger partial charge in [-0.15, -0.1) is 0 Å². The number of piperidine rings is 1. The molecule has 7 nitrogen and oxygen atoms in total. The van der Waals surface area contributed by atoms with Crippen molar-refractivity contribution in [3.05, 3.63) is 17.7 Å². The van der Waals surface area contributed by atoms with Gasteiger partial charge in [-0.05, 0) is 44.7 Å². The van der Waals surface area contributed by atoms with Gasteiger partial charge in [0.25, 0.3) is 5.91 Å². The molecule has 0 radical (unpaired) electrons. The van der Waals surface area contributed by atoms with Crippen molar-refractivity contribution in [2.45, 2.75) is 39.2 Å². The number of nitrogens with zero attached hydrogens (tertiary/aromatic N) is 1. The molecule has 0 atom stereocenters. The minimum absolute atomic E-state index is 0.0701. The maximum Gasteiger partial charge on any atom is 0.254 e. The molecule has 2 amide bonds. The zero-order valence-electron chi connectivity index (χ0n) is 16.8. The summed E-state index contributed by atoms with van der Waals surface area (Å²) in [5.74, 6) is 1.71. The molecule has 1 aliphatic rings. The maximum atomic E-state index is 12.9. The van der Waals surface area contributed by atoms with Gasteiger partial charge in [-0.1, -0.05) is 0 Å². The number of benzene rings is 1. The van der Waals surface area contributed by atoms with E-state index in [9.17, 15) is 9.59 Å². The molecule has 27 heavy (non-hydrogen) atoms. The van der Waals surface area contributed by atoms with Gasteiger partial charge in [0.2, 0.25) is 11.7 Å². The first-order valence-corrected chi connectivity index (χ1v) is 9.28. The molecule has 0 bridgehead atoms. The van der Waals surface area contributed by atoms with Crippen LogP contribution in [-0.2, 0) is 4.79 Å². The van der Waals surface area contributed by atoms with Gasteiger partial charge in [0.1, 0.15) is 0 Å². The Hall–Kier alpha value is -2.44. The molecule has 1 aromatic rings. The molecule has 0 aliphatic carbocycles. The summed E-state index contributed by atoms with van der Waals surface area (Å²) in [7, 11) is 4.58. The van der Waals surface area contributed by atoms with E-state index in [1.807, 2.05) is 18.7 Å². The van der Waals surface area contributed by atoms with E-state index in [1.165, 1.54) is 21.3 Å². The standard InChI is InChI=1S/C20H30N2O5/c1-13(2)21-18(23)10-14-6-8-22(9-7-14)20(24)15-11-16(25-3)19(27-5)17(12-15)26-4/h11-14H,6-10H2,1-5H3,(H,21,23). The summed E-state index contributed by atoms with van der Waals surface area (Å²) in [5, 5.41) is 2.93. The Morgan fingerprint density at radius 1 is 1.07 bits per heavy atom. The number of nitrogens with one attached hydrogen (secondary N) is 1. The third-order valence-corrected chi connectivity index (χ3v) is 4.74. The molecule has 1 heterocycles. The van der Waals surface area contributed by atoms with E-state index >= 15 is 0 Å². The summed E-state index contributed by atoms with van der Waals surface area (Å²) in [6.07, 6.45) is 2.16. The van der Waals surface area contributed by atoms with Crippen LogP contribution in [0.4, 0.5) is 0 Å². The molecule has 0 aromatic heterocycles. The average molecular weight is 378 g/mol. The van der Waals surface area contributed by atoms with Gasteiger partial charge in [0, 0.05) is 31.1 Å². The minimum atomic E-state index is -0.0701. The summed E-state index contributed by atoms with van der Waals surface area (Å²) < 4.78 is 16.0. The Kier molecular flexibility index (Phi) is 7.33. The van der Waals surface area contributed by atoms with Crippen molar-refractivity contribution in [3.63, 3.8) is 0 Å². The summed E-state index contributed by atoms with van der Waals surface area (Å²) in [6.45, 7) is 5.18. The molecular formula is C20H30N2O5. The van der Waals surface area contributed by atoms with Crippen LogP contribution < -0.4 is 19.5 Å². The smallest absolute Gasteiger partial charge is 0.254 e. The lowest BCUT2D eigenvalue weighted by Crippen LogP contribution is -2.40. The molecular weight excluding hydrogens is 348 g/mol. The van der Waals surface area contributed by atoms with Crippen LogP contribution in [0.3, 0.4) is 0 Å². The predicted molar refractivity (Wildman–Crippen MR) is 103 cm³/mol. The number of methoxy groups -OCH3 is 3. The Morgan fingerprint density at radius 2 is 1.63 bits per heavy atom. The molecule has 1 N–H and O–H groups in total. The van der Waals surface area contributed by atoms with Crippen LogP contribution in [0.1, 0.15) is 43.5 Å². The number of likely N-dealkylation sites (tertiary alicyclic amines) is 1. The predicted octanol–water partition coefficient (Wildman–Crippen LogP) is 2.48. The molecule has 0 unspecified atom stereocenters. The van der Waals surface area contributed by atoms with Crippen LogP contribution >= 0.6 is 0 Å². The topological polar surface area (TPSA) is 77.1 Å². The fourth-order valence-electron chi connectivity index (χ4n) is 3.37.